The Kier molecular flexibility index (Phi) is 7.50. The average molecular weight is 426 g/mol. The van der Waals surface area contributed by atoms with Crippen LogP contribution in [0.2, 0.25) is 0 Å². The zero-order chi connectivity index (χ0) is 20.9. The van der Waals surface area contributed by atoms with E-state index in [1.165, 1.54) is 10.4 Å². The maximum atomic E-state index is 13.0. The van der Waals surface area contributed by atoms with E-state index >= 15 is 0 Å². The minimum absolute atomic E-state index is 0.102. The Bertz CT molecular complexity index is 800. The number of hydrogen-bond acceptors (Lipinski definition) is 6. The predicted octanol–water partition coefficient (Wildman–Crippen LogP) is 1.92. The van der Waals surface area contributed by atoms with Crippen LogP contribution >= 0.6 is 0 Å². The summed E-state index contributed by atoms with van der Waals surface area (Å²) in [5.74, 6) is 0.265. The molecule has 3 rings (SSSR count). The lowest BCUT2D eigenvalue weighted by atomic mass is 10.2. The number of piperidine rings is 1. The monoisotopic (exact) mass is 425 g/mol. The maximum Gasteiger partial charge on any atom is 0.243 e. The molecule has 2 heterocycles. The van der Waals surface area contributed by atoms with Gasteiger partial charge < -0.3 is 14.8 Å². The highest BCUT2D eigenvalue weighted by Gasteiger charge is 2.27. The van der Waals surface area contributed by atoms with E-state index in [-0.39, 0.29) is 23.5 Å². The van der Waals surface area contributed by atoms with Gasteiger partial charge in [0, 0.05) is 26.2 Å². The third-order valence-corrected chi connectivity index (χ3v) is 6.91. The van der Waals surface area contributed by atoms with Gasteiger partial charge >= 0.3 is 0 Å². The van der Waals surface area contributed by atoms with Gasteiger partial charge in [0.25, 0.3) is 0 Å². The number of sulfonamides is 1. The Balaban J connectivity index is 1.80. The molecule has 1 N–H and O–H groups in total. The van der Waals surface area contributed by atoms with E-state index in [1.807, 2.05) is 18.7 Å². The van der Waals surface area contributed by atoms with Gasteiger partial charge in [-0.25, -0.2) is 8.42 Å². The van der Waals surface area contributed by atoms with E-state index in [4.69, 9.17) is 9.47 Å². The van der Waals surface area contributed by atoms with E-state index in [0.29, 0.717) is 50.8 Å². The van der Waals surface area contributed by atoms with E-state index in [0.717, 1.165) is 19.3 Å². The summed E-state index contributed by atoms with van der Waals surface area (Å²) in [5.41, 5.74) is 0.384. The van der Waals surface area contributed by atoms with E-state index in [1.54, 1.807) is 12.1 Å². The van der Waals surface area contributed by atoms with Crippen molar-refractivity contribution in [2.75, 3.05) is 51.3 Å². The fourth-order valence-electron chi connectivity index (χ4n) is 3.53. The fraction of sp³-hybridized carbons (Fsp3) is 0.650. The molecule has 0 radical (unpaired) electrons. The van der Waals surface area contributed by atoms with Crippen LogP contribution in [0.4, 0.5) is 5.69 Å². The van der Waals surface area contributed by atoms with Crippen molar-refractivity contribution in [1.82, 2.24) is 9.21 Å². The molecule has 0 atom stereocenters. The normalized spacial score (nSPS) is 19.3. The molecule has 9 heteroatoms. The molecule has 2 aliphatic heterocycles. The number of carbonyl (C=O) groups excluding carboxylic acids is 1. The van der Waals surface area contributed by atoms with Crippen molar-refractivity contribution in [3.05, 3.63) is 18.2 Å². The number of amides is 1. The molecular weight excluding hydrogens is 394 g/mol. The second kappa shape index (κ2) is 9.88. The molecule has 0 aromatic heterocycles. The summed E-state index contributed by atoms with van der Waals surface area (Å²) in [4.78, 5) is 14.8. The van der Waals surface area contributed by atoms with Crippen LogP contribution in [-0.2, 0) is 19.6 Å². The second-order valence-electron chi connectivity index (χ2n) is 7.73. The number of rotatable bonds is 7. The number of nitrogens with zero attached hydrogens (tertiary/aromatic N) is 2. The molecule has 1 aromatic rings. The highest BCUT2D eigenvalue weighted by molar-refractivity contribution is 7.89. The summed E-state index contributed by atoms with van der Waals surface area (Å²) in [7, 11) is -3.59. The average Bonchev–Trinajstić information content (AvgIpc) is 2.70. The van der Waals surface area contributed by atoms with Crippen LogP contribution in [0, 0.1) is 0 Å². The van der Waals surface area contributed by atoms with Crippen molar-refractivity contribution < 1.29 is 22.7 Å². The lowest BCUT2D eigenvalue weighted by Crippen LogP contribution is -2.41. The molecule has 8 nitrogen and oxygen atoms in total. The van der Waals surface area contributed by atoms with E-state index in [2.05, 4.69) is 5.32 Å². The van der Waals surface area contributed by atoms with Crippen LogP contribution in [-0.4, -0.2) is 75.6 Å². The number of morpholine rings is 1. The zero-order valence-electron chi connectivity index (χ0n) is 17.2. The molecule has 29 heavy (non-hydrogen) atoms. The van der Waals surface area contributed by atoms with Gasteiger partial charge in [-0.2, -0.15) is 4.31 Å². The first-order valence-electron chi connectivity index (χ1n) is 10.3. The van der Waals surface area contributed by atoms with Gasteiger partial charge in [-0.15, -0.1) is 0 Å². The van der Waals surface area contributed by atoms with Gasteiger partial charge in [0.2, 0.25) is 15.9 Å². The van der Waals surface area contributed by atoms with Gasteiger partial charge in [0.1, 0.15) is 5.75 Å². The Hall–Kier alpha value is -1.68. The lowest BCUT2D eigenvalue weighted by molar-refractivity contribution is -0.118. The van der Waals surface area contributed by atoms with Crippen LogP contribution in [0.5, 0.6) is 5.75 Å². The second-order valence-corrected chi connectivity index (χ2v) is 9.66. The SMILES string of the molecule is CC(C)Oc1ccc(S(=O)(=O)N2CCCCC2)cc1NC(=O)CN1CCOCC1. The maximum absolute atomic E-state index is 13.0. The Morgan fingerprint density at radius 1 is 1.14 bits per heavy atom. The quantitative estimate of drug-likeness (QED) is 0.718. The number of hydrogen-bond donors (Lipinski definition) is 1. The highest BCUT2D eigenvalue weighted by Crippen LogP contribution is 2.31. The van der Waals surface area contributed by atoms with Crippen LogP contribution in [0.25, 0.3) is 0 Å². The molecule has 0 unspecified atom stereocenters. The van der Waals surface area contributed by atoms with Crippen LogP contribution in [0.1, 0.15) is 33.1 Å². The van der Waals surface area contributed by atoms with Crippen LogP contribution in [0.15, 0.2) is 23.1 Å². The van der Waals surface area contributed by atoms with Crippen molar-refractivity contribution in [3.63, 3.8) is 0 Å². The molecule has 0 aliphatic carbocycles. The van der Waals surface area contributed by atoms with E-state index < -0.39 is 10.0 Å². The van der Waals surface area contributed by atoms with Crippen molar-refractivity contribution >= 4 is 21.6 Å². The topological polar surface area (TPSA) is 88.2 Å². The summed E-state index contributed by atoms with van der Waals surface area (Å²) in [5, 5.41) is 2.85. The smallest absolute Gasteiger partial charge is 0.243 e. The number of carbonyl (C=O) groups is 1. The molecule has 2 aliphatic rings. The predicted molar refractivity (Wildman–Crippen MR) is 111 cm³/mol. The van der Waals surface area contributed by atoms with Gasteiger partial charge in [-0.1, -0.05) is 6.42 Å². The minimum Gasteiger partial charge on any atom is -0.489 e. The Morgan fingerprint density at radius 2 is 1.83 bits per heavy atom. The lowest BCUT2D eigenvalue weighted by Gasteiger charge is -2.27. The van der Waals surface area contributed by atoms with Gasteiger partial charge in [0.05, 0.1) is 36.4 Å². The van der Waals surface area contributed by atoms with E-state index in [9.17, 15) is 13.2 Å². The highest BCUT2D eigenvalue weighted by atomic mass is 32.2. The number of ether oxygens (including phenoxy) is 2. The first-order valence-corrected chi connectivity index (χ1v) is 11.7. The summed E-state index contributed by atoms with van der Waals surface area (Å²) in [6.07, 6.45) is 2.69. The van der Waals surface area contributed by atoms with Gasteiger partial charge in [-0.05, 0) is 44.9 Å². The third-order valence-electron chi connectivity index (χ3n) is 5.01. The molecule has 162 valence electrons. The largest absolute Gasteiger partial charge is 0.489 e. The van der Waals surface area contributed by atoms with Crippen molar-refractivity contribution in [2.24, 2.45) is 0 Å². The molecule has 0 saturated carbocycles. The summed E-state index contributed by atoms with van der Waals surface area (Å²) in [6.45, 7) is 7.69. The summed E-state index contributed by atoms with van der Waals surface area (Å²) >= 11 is 0. The van der Waals surface area contributed by atoms with Crippen LogP contribution < -0.4 is 10.1 Å². The standard InChI is InChI=1S/C20H31N3O5S/c1-16(2)28-19-7-6-17(29(25,26)23-8-4-3-5-9-23)14-18(19)21-20(24)15-22-10-12-27-13-11-22/h6-7,14,16H,3-5,8-13,15H2,1-2H3,(H,21,24). The van der Waals surface area contributed by atoms with Gasteiger partial charge in [0.15, 0.2) is 0 Å². The molecular formula is C20H31N3O5S. The molecule has 2 fully saturated rings. The summed E-state index contributed by atoms with van der Waals surface area (Å²) in [6, 6.07) is 4.69. The molecule has 0 spiro atoms. The van der Waals surface area contributed by atoms with Crippen LogP contribution in [0.3, 0.4) is 0 Å². The Morgan fingerprint density at radius 3 is 2.48 bits per heavy atom. The number of benzene rings is 1. The first kappa shape index (κ1) is 22.0. The number of nitrogens with one attached hydrogen (secondary N) is 1. The molecule has 1 aromatic carbocycles. The Labute approximate surface area is 173 Å². The number of anilines is 1. The van der Waals surface area contributed by atoms with Crippen molar-refractivity contribution in [2.45, 2.75) is 44.1 Å². The molecule has 0 bridgehead atoms. The van der Waals surface area contributed by atoms with Crippen molar-refractivity contribution in [1.29, 1.82) is 0 Å². The molecule has 1 amide bonds. The summed E-state index contributed by atoms with van der Waals surface area (Å²) < 4.78 is 38.7. The third kappa shape index (κ3) is 5.91. The zero-order valence-corrected chi connectivity index (χ0v) is 18.0. The molecule has 2 saturated heterocycles. The first-order chi connectivity index (χ1) is 13.9. The van der Waals surface area contributed by atoms with Crippen molar-refractivity contribution in [3.8, 4) is 5.75 Å². The van der Waals surface area contributed by atoms with Gasteiger partial charge in [-0.3, -0.25) is 9.69 Å². The minimum atomic E-state index is -3.59. The fourth-order valence-corrected chi connectivity index (χ4v) is 5.07.